The Kier molecular flexibility index (Phi) is 7.70. The summed E-state index contributed by atoms with van der Waals surface area (Å²) in [7, 11) is 0. The lowest BCUT2D eigenvalue weighted by molar-refractivity contribution is 0.0525. The Morgan fingerprint density at radius 1 is 1.00 bits per heavy atom. The van der Waals surface area contributed by atoms with Crippen molar-refractivity contribution in [3.8, 4) is 0 Å². The van der Waals surface area contributed by atoms with Crippen molar-refractivity contribution in [2.45, 2.75) is 39.2 Å². The largest absolute Gasteiger partial charge is 0.461 e. The molecule has 1 N–H and O–H groups in total. The fourth-order valence-corrected chi connectivity index (χ4v) is 3.95. The van der Waals surface area contributed by atoms with E-state index in [-0.39, 0.29) is 10.9 Å². The van der Waals surface area contributed by atoms with E-state index in [1.165, 1.54) is 22.7 Å². The number of ether oxygens (including phenoxy) is 1. The van der Waals surface area contributed by atoms with Gasteiger partial charge < -0.3 is 10.1 Å². The van der Waals surface area contributed by atoms with Gasteiger partial charge in [-0.25, -0.2) is 4.79 Å². The number of nitrogens with zero attached hydrogens (tertiary/aromatic N) is 5. The molecule has 11 heteroatoms. The third kappa shape index (κ3) is 6.36. The van der Waals surface area contributed by atoms with E-state index in [1.54, 1.807) is 13.1 Å². The number of amides is 1. The third-order valence-electron chi connectivity index (χ3n) is 3.77. The van der Waals surface area contributed by atoms with Gasteiger partial charge >= 0.3 is 5.97 Å². The maximum absolute atomic E-state index is 12.2. The van der Waals surface area contributed by atoms with Gasteiger partial charge in [0.05, 0.1) is 18.8 Å². The van der Waals surface area contributed by atoms with Crippen LogP contribution in [0, 0.1) is 0 Å². The average molecular weight is 433 g/mol. The van der Waals surface area contributed by atoms with Crippen molar-refractivity contribution in [2.75, 3.05) is 6.61 Å². The van der Waals surface area contributed by atoms with Crippen LogP contribution in [0.5, 0.6) is 0 Å². The van der Waals surface area contributed by atoms with Gasteiger partial charge in [0.25, 0.3) is 5.91 Å². The van der Waals surface area contributed by atoms with Gasteiger partial charge in [-0.2, -0.15) is 0 Å². The molecular weight excluding hydrogens is 412 g/mol. The molecule has 0 saturated carbocycles. The Hall–Kier alpha value is -2.79. The van der Waals surface area contributed by atoms with Crippen molar-refractivity contribution in [3.63, 3.8) is 0 Å². The van der Waals surface area contributed by atoms with Crippen molar-refractivity contribution >= 4 is 34.6 Å². The van der Waals surface area contributed by atoms with Crippen LogP contribution in [0.3, 0.4) is 0 Å². The number of hydrogen-bond acceptors (Lipinski definition) is 10. The third-order valence-corrected chi connectivity index (χ3v) is 5.71. The molecule has 0 radical (unpaired) electrons. The summed E-state index contributed by atoms with van der Waals surface area (Å²) in [6.07, 6.45) is 4.89. The maximum Gasteiger partial charge on any atom is 0.369 e. The molecule has 3 heterocycles. The molecule has 0 atom stereocenters. The van der Waals surface area contributed by atoms with E-state index in [9.17, 15) is 9.59 Å². The zero-order valence-electron chi connectivity index (χ0n) is 15.8. The Balaban J connectivity index is 1.39. The van der Waals surface area contributed by atoms with Gasteiger partial charge in [0.1, 0.15) is 10.0 Å². The molecule has 152 valence electrons. The molecule has 1 amide bonds. The summed E-state index contributed by atoms with van der Waals surface area (Å²) in [5.41, 5.74) is 0.786. The van der Waals surface area contributed by atoms with Crippen LogP contribution in [-0.4, -0.2) is 43.9 Å². The first-order valence-electron chi connectivity index (χ1n) is 9.15. The van der Waals surface area contributed by atoms with E-state index >= 15 is 0 Å². The number of carbonyl (C=O) groups excluding carboxylic acids is 2. The predicted octanol–water partition coefficient (Wildman–Crippen LogP) is 2.46. The van der Waals surface area contributed by atoms with Gasteiger partial charge in [-0.3, -0.25) is 9.78 Å². The number of carbonyl (C=O) groups is 2. The minimum absolute atomic E-state index is 0.250. The zero-order chi connectivity index (χ0) is 20.5. The van der Waals surface area contributed by atoms with E-state index in [0.29, 0.717) is 18.2 Å². The summed E-state index contributed by atoms with van der Waals surface area (Å²) in [4.78, 5) is 27.9. The molecule has 0 aliphatic rings. The predicted molar refractivity (Wildman–Crippen MR) is 108 cm³/mol. The van der Waals surface area contributed by atoms with Crippen LogP contribution >= 0.6 is 22.7 Å². The number of nitrogens with one attached hydrogen (secondary N) is 1. The number of aryl methyl sites for hydroxylation is 2. The highest BCUT2D eigenvalue weighted by atomic mass is 32.1. The Morgan fingerprint density at radius 2 is 1.69 bits per heavy atom. The molecule has 0 aromatic carbocycles. The molecule has 0 saturated heterocycles. The lowest BCUT2D eigenvalue weighted by atomic mass is 10.2. The summed E-state index contributed by atoms with van der Waals surface area (Å²) < 4.78 is 4.91. The summed E-state index contributed by atoms with van der Waals surface area (Å²) >= 11 is 2.55. The average Bonchev–Trinajstić information content (AvgIpc) is 3.40. The number of unbranched alkanes of at least 4 members (excludes halogenated alkanes) is 1. The standard InChI is InChI=1S/C18H20N6O3S2/c1-2-27-18(26)17-24-22-14(29-17)9-4-3-8-13-21-23-16(28-13)15(25)20-11-12-7-5-6-10-19-12/h5-7,10H,2-4,8-9,11H2,1H3,(H,20,25). The second-order valence-electron chi connectivity index (χ2n) is 5.93. The second kappa shape index (κ2) is 10.7. The van der Waals surface area contributed by atoms with Gasteiger partial charge in [-0.1, -0.05) is 28.7 Å². The van der Waals surface area contributed by atoms with Crippen LogP contribution in [0.4, 0.5) is 0 Å². The first-order chi connectivity index (χ1) is 14.2. The van der Waals surface area contributed by atoms with Gasteiger partial charge in [0.15, 0.2) is 0 Å². The highest BCUT2D eigenvalue weighted by molar-refractivity contribution is 7.13. The van der Waals surface area contributed by atoms with E-state index in [1.807, 2.05) is 18.2 Å². The van der Waals surface area contributed by atoms with Gasteiger partial charge in [0.2, 0.25) is 10.0 Å². The summed E-state index contributed by atoms with van der Waals surface area (Å²) in [5, 5.41) is 21.0. The molecule has 3 aromatic rings. The Morgan fingerprint density at radius 3 is 2.34 bits per heavy atom. The number of pyridine rings is 1. The monoisotopic (exact) mass is 432 g/mol. The lowest BCUT2D eigenvalue weighted by Gasteiger charge is -2.01. The molecule has 3 rings (SSSR count). The molecule has 0 aliphatic heterocycles. The molecular formula is C18H20N6O3S2. The SMILES string of the molecule is CCOC(=O)c1nnc(CCCCc2nnc(C(=O)NCc3ccccn3)s2)s1. The summed E-state index contributed by atoms with van der Waals surface area (Å²) in [6.45, 7) is 2.42. The topological polar surface area (TPSA) is 120 Å². The highest BCUT2D eigenvalue weighted by Gasteiger charge is 2.14. The van der Waals surface area contributed by atoms with Crippen molar-refractivity contribution < 1.29 is 14.3 Å². The van der Waals surface area contributed by atoms with Crippen LogP contribution in [0.1, 0.15) is 55.1 Å². The first kappa shape index (κ1) is 20.9. The molecule has 3 aromatic heterocycles. The van der Waals surface area contributed by atoms with E-state index < -0.39 is 5.97 Å². The van der Waals surface area contributed by atoms with Crippen LogP contribution in [0.2, 0.25) is 0 Å². The quantitative estimate of drug-likeness (QED) is 0.383. The number of hydrogen-bond donors (Lipinski definition) is 1. The van der Waals surface area contributed by atoms with Crippen LogP contribution < -0.4 is 5.32 Å². The van der Waals surface area contributed by atoms with Crippen LogP contribution in [0.25, 0.3) is 0 Å². The zero-order valence-corrected chi connectivity index (χ0v) is 17.5. The van der Waals surface area contributed by atoms with Crippen molar-refractivity contribution in [3.05, 3.63) is 50.1 Å². The molecule has 0 bridgehead atoms. The first-order valence-corrected chi connectivity index (χ1v) is 10.8. The highest BCUT2D eigenvalue weighted by Crippen LogP contribution is 2.16. The molecule has 29 heavy (non-hydrogen) atoms. The Labute approximate surface area is 175 Å². The van der Waals surface area contributed by atoms with E-state index in [0.717, 1.165) is 41.4 Å². The van der Waals surface area contributed by atoms with Crippen molar-refractivity contribution in [2.24, 2.45) is 0 Å². The molecule has 0 spiro atoms. The maximum atomic E-state index is 12.2. The minimum atomic E-state index is -0.432. The van der Waals surface area contributed by atoms with E-state index in [4.69, 9.17) is 4.74 Å². The Bertz CT molecular complexity index is 944. The molecule has 0 aliphatic carbocycles. The summed E-state index contributed by atoms with van der Waals surface area (Å²) in [6, 6.07) is 5.54. The summed E-state index contributed by atoms with van der Waals surface area (Å²) in [5.74, 6) is -0.682. The normalized spacial score (nSPS) is 10.7. The molecule has 0 fully saturated rings. The fraction of sp³-hybridized carbons (Fsp3) is 0.389. The molecule has 9 nitrogen and oxygen atoms in total. The number of esters is 1. The number of rotatable bonds is 10. The van der Waals surface area contributed by atoms with Gasteiger partial charge in [-0.15, -0.1) is 20.4 Å². The van der Waals surface area contributed by atoms with Crippen molar-refractivity contribution in [1.82, 2.24) is 30.7 Å². The van der Waals surface area contributed by atoms with Crippen LogP contribution in [0.15, 0.2) is 24.4 Å². The smallest absolute Gasteiger partial charge is 0.369 e. The van der Waals surface area contributed by atoms with Gasteiger partial charge in [0, 0.05) is 19.0 Å². The second-order valence-corrected chi connectivity index (χ2v) is 8.06. The fourth-order valence-electron chi connectivity index (χ4n) is 2.38. The lowest BCUT2D eigenvalue weighted by Crippen LogP contribution is -2.23. The van der Waals surface area contributed by atoms with Crippen LogP contribution in [-0.2, 0) is 24.1 Å². The van der Waals surface area contributed by atoms with Crippen molar-refractivity contribution in [1.29, 1.82) is 0 Å². The van der Waals surface area contributed by atoms with Gasteiger partial charge in [-0.05, 0) is 31.9 Å². The minimum Gasteiger partial charge on any atom is -0.461 e. The number of aromatic nitrogens is 5. The van der Waals surface area contributed by atoms with E-state index in [2.05, 4.69) is 30.7 Å². The molecule has 0 unspecified atom stereocenters.